The molecule has 0 aliphatic carbocycles. The summed E-state index contributed by atoms with van der Waals surface area (Å²) in [4.78, 5) is 63.6. The number of hydrogen-bond acceptors (Lipinski definition) is 10. The minimum atomic E-state index is -0.663. The molecule has 1 N–H and O–H groups in total. The molecule has 0 saturated carbocycles. The highest BCUT2D eigenvalue weighted by molar-refractivity contribution is 8.18. The van der Waals surface area contributed by atoms with Crippen molar-refractivity contribution >= 4 is 57.9 Å². The first kappa shape index (κ1) is 31.1. The molecular weight excluding hydrogens is 552 g/mol. The number of nitro groups is 1. The molecule has 0 bridgehead atoms. The first-order valence-electron chi connectivity index (χ1n) is 13.1. The normalized spacial score (nSPS) is 13.8. The van der Waals surface area contributed by atoms with Crippen LogP contribution in [0.3, 0.4) is 0 Å². The molecule has 12 nitrogen and oxygen atoms in total. The van der Waals surface area contributed by atoms with Gasteiger partial charge in [-0.15, -0.1) is 0 Å². The summed E-state index contributed by atoms with van der Waals surface area (Å²) in [6.07, 6.45) is 3.00. The third-order valence-electron chi connectivity index (χ3n) is 6.03. The van der Waals surface area contributed by atoms with Crippen LogP contribution in [0, 0.1) is 10.1 Å². The Kier molecular flexibility index (Phi) is 11.3. The van der Waals surface area contributed by atoms with E-state index in [1.54, 1.807) is 12.1 Å². The lowest BCUT2D eigenvalue weighted by atomic mass is 10.1. The van der Waals surface area contributed by atoms with Crippen molar-refractivity contribution in [3.8, 4) is 5.75 Å². The number of carbonyl (C=O) groups excluding carboxylic acids is 4. The molecule has 3 rings (SSSR count). The van der Waals surface area contributed by atoms with Crippen LogP contribution < -0.4 is 15.0 Å². The summed E-state index contributed by atoms with van der Waals surface area (Å²) in [5.74, 6) is -1.56. The van der Waals surface area contributed by atoms with Crippen molar-refractivity contribution in [3.05, 3.63) is 63.0 Å². The topological polar surface area (TPSA) is 148 Å². The maximum Gasteiger partial charge on any atom is 0.326 e. The minimum Gasteiger partial charge on any atom is -0.483 e. The molecule has 0 radical (unpaired) electrons. The number of esters is 1. The SMILES string of the molecule is CCCCOC(=O)CN1C(=O)S/C(=C/c2ccc(N(CC)CC)cc2OCC(=O)Nc2cccc([N+](=O)[O-])c2)C1=O. The lowest BCUT2D eigenvalue weighted by Crippen LogP contribution is -2.34. The lowest BCUT2D eigenvalue weighted by Gasteiger charge is -2.22. The highest BCUT2D eigenvalue weighted by Gasteiger charge is 2.37. The number of nitrogens with one attached hydrogen (secondary N) is 1. The Labute approximate surface area is 241 Å². The molecule has 2 aromatic rings. The molecule has 1 aliphatic rings. The van der Waals surface area contributed by atoms with Gasteiger partial charge in [-0.25, -0.2) is 0 Å². The molecule has 13 heteroatoms. The summed E-state index contributed by atoms with van der Waals surface area (Å²) in [6, 6.07) is 10.8. The number of nitrogens with zero attached hydrogens (tertiary/aromatic N) is 3. The monoisotopic (exact) mass is 584 g/mol. The fraction of sp³-hybridized carbons (Fsp3) is 0.357. The lowest BCUT2D eigenvalue weighted by molar-refractivity contribution is -0.384. The van der Waals surface area contributed by atoms with Gasteiger partial charge < -0.3 is 19.7 Å². The van der Waals surface area contributed by atoms with Gasteiger partial charge in [0.25, 0.3) is 22.7 Å². The Morgan fingerprint density at radius 2 is 1.88 bits per heavy atom. The molecule has 0 aromatic heterocycles. The summed E-state index contributed by atoms with van der Waals surface area (Å²) in [5.41, 5.74) is 1.34. The van der Waals surface area contributed by atoms with Gasteiger partial charge in [-0.2, -0.15) is 0 Å². The first-order chi connectivity index (χ1) is 19.7. The summed E-state index contributed by atoms with van der Waals surface area (Å²) < 4.78 is 10.9. The maximum atomic E-state index is 13.0. The summed E-state index contributed by atoms with van der Waals surface area (Å²) in [7, 11) is 0. The van der Waals surface area contributed by atoms with E-state index in [1.807, 2.05) is 26.8 Å². The van der Waals surface area contributed by atoms with Gasteiger partial charge in [0, 0.05) is 48.2 Å². The number of imide groups is 1. The Morgan fingerprint density at radius 3 is 2.56 bits per heavy atom. The van der Waals surface area contributed by atoms with E-state index in [1.165, 1.54) is 30.3 Å². The minimum absolute atomic E-state index is 0.0952. The number of rotatable bonds is 14. The van der Waals surface area contributed by atoms with Crippen molar-refractivity contribution in [2.24, 2.45) is 0 Å². The predicted octanol–water partition coefficient (Wildman–Crippen LogP) is 4.84. The molecule has 1 heterocycles. The summed E-state index contributed by atoms with van der Waals surface area (Å²) in [6.45, 7) is 6.69. The number of nitro benzene ring substituents is 1. The largest absolute Gasteiger partial charge is 0.483 e. The summed E-state index contributed by atoms with van der Waals surface area (Å²) in [5, 5.41) is 13.0. The van der Waals surface area contributed by atoms with Crippen molar-refractivity contribution in [1.82, 2.24) is 4.90 Å². The van der Waals surface area contributed by atoms with Gasteiger partial charge in [0.1, 0.15) is 12.3 Å². The number of hydrogen-bond donors (Lipinski definition) is 1. The fourth-order valence-electron chi connectivity index (χ4n) is 3.87. The Hall–Kier alpha value is -4.39. The van der Waals surface area contributed by atoms with Crippen molar-refractivity contribution in [3.63, 3.8) is 0 Å². The molecular formula is C28H32N4O8S. The number of thioether (sulfide) groups is 1. The predicted molar refractivity (Wildman–Crippen MR) is 156 cm³/mol. The zero-order chi connectivity index (χ0) is 29.9. The van der Waals surface area contributed by atoms with Crippen LogP contribution in [0.4, 0.5) is 21.9 Å². The van der Waals surface area contributed by atoms with Crippen LogP contribution in [-0.4, -0.2) is 65.7 Å². The summed E-state index contributed by atoms with van der Waals surface area (Å²) >= 11 is 0.695. The Bertz CT molecular complexity index is 1340. The maximum absolute atomic E-state index is 13.0. The van der Waals surface area contributed by atoms with E-state index < -0.39 is 41.1 Å². The third kappa shape index (κ3) is 8.55. The number of unbranched alkanes of at least 4 members (excludes halogenated alkanes) is 1. The van der Waals surface area contributed by atoms with E-state index >= 15 is 0 Å². The number of anilines is 2. The second-order valence-electron chi connectivity index (χ2n) is 8.88. The number of benzene rings is 2. The van der Waals surface area contributed by atoms with Crippen molar-refractivity contribution in [1.29, 1.82) is 0 Å². The van der Waals surface area contributed by atoms with E-state index in [4.69, 9.17) is 9.47 Å². The average Bonchev–Trinajstić information content (AvgIpc) is 3.21. The molecule has 0 atom stereocenters. The van der Waals surface area contributed by atoms with Gasteiger partial charge in [-0.1, -0.05) is 19.4 Å². The van der Waals surface area contributed by atoms with E-state index in [0.717, 1.165) is 30.1 Å². The number of amides is 3. The van der Waals surface area contributed by atoms with Gasteiger partial charge >= 0.3 is 5.97 Å². The van der Waals surface area contributed by atoms with Crippen molar-refractivity contribution in [2.45, 2.75) is 33.6 Å². The average molecular weight is 585 g/mol. The van der Waals surface area contributed by atoms with Crippen LogP contribution in [0.2, 0.25) is 0 Å². The zero-order valence-electron chi connectivity index (χ0n) is 23.1. The van der Waals surface area contributed by atoms with Gasteiger partial charge in [-0.05, 0) is 56.3 Å². The van der Waals surface area contributed by atoms with Crippen molar-refractivity contribution < 1.29 is 33.6 Å². The van der Waals surface area contributed by atoms with Crippen LogP contribution in [0.15, 0.2) is 47.4 Å². The van der Waals surface area contributed by atoms with Gasteiger partial charge in [0.2, 0.25) is 0 Å². The Balaban J connectivity index is 1.80. The Morgan fingerprint density at radius 1 is 1.12 bits per heavy atom. The highest BCUT2D eigenvalue weighted by atomic mass is 32.2. The third-order valence-corrected chi connectivity index (χ3v) is 6.94. The van der Waals surface area contributed by atoms with E-state index in [-0.39, 0.29) is 28.6 Å². The molecule has 0 spiro atoms. The number of ether oxygens (including phenoxy) is 2. The smallest absolute Gasteiger partial charge is 0.326 e. The van der Waals surface area contributed by atoms with Crippen LogP contribution in [-0.2, 0) is 19.1 Å². The number of carbonyl (C=O) groups is 4. The van der Waals surface area contributed by atoms with Crippen LogP contribution in [0.5, 0.6) is 5.75 Å². The quantitative estimate of drug-likeness (QED) is 0.107. The molecule has 2 aromatic carbocycles. The second kappa shape index (κ2) is 14.8. The van der Waals surface area contributed by atoms with Crippen molar-refractivity contribution in [2.75, 3.05) is 43.1 Å². The van der Waals surface area contributed by atoms with E-state index in [0.29, 0.717) is 23.7 Å². The molecule has 218 valence electrons. The van der Waals surface area contributed by atoms with Crippen LogP contribution in [0.25, 0.3) is 6.08 Å². The standard InChI is InChI=1S/C28H32N4O8S/c1-4-7-13-39-26(34)17-31-27(35)24(41-28(31)36)14-19-11-12-21(30(5-2)6-3)16-23(19)40-18-25(33)29-20-9-8-10-22(15-20)32(37)38/h8-12,14-16H,4-7,13,17-18H2,1-3H3,(H,29,33)/b24-14+. The molecule has 1 aliphatic heterocycles. The first-order valence-corrected chi connectivity index (χ1v) is 14.0. The second-order valence-corrected chi connectivity index (χ2v) is 9.87. The molecule has 3 amide bonds. The molecule has 0 unspecified atom stereocenters. The van der Waals surface area contributed by atoms with E-state index in [2.05, 4.69) is 10.2 Å². The fourth-order valence-corrected chi connectivity index (χ4v) is 4.70. The van der Waals surface area contributed by atoms with Crippen LogP contribution in [0.1, 0.15) is 39.2 Å². The van der Waals surface area contributed by atoms with Gasteiger partial charge in [0.05, 0.1) is 16.4 Å². The van der Waals surface area contributed by atoms with Gasteiger partial charge in [-0.3, -0.25) is 34.2 Å². The molecule has 1 fully saturated rings. The van der Waals surface area contributed by atoms with E-state index in [9.17, 15) is 29.3 Å². The van der Waals surface area contributed by atoms with Gasteiger partial charge in [0.15, 0.2) is 6.61 Å². The molecule has 41 heavy (non-hydrogen) atoms. The van der Waals surface area contributed by atoms with Crippen LogP contribution >= 0.6 is 11.8 Å². The molecule has 1 saturated heterocycles. The number of non-ortho nitro benzene ring substituents is 1. The highest BCUT2D eigenvalue weighted by Crippen LogP contribution is 2.35. The zero-order valence-corrected chi connectivity index (χ0v) is 23.9.